The van der Waals surface area contributed by atoms with Gasteiger partial charge in [0.05, 0.1) is 16.7 Å². The number of hydrogen-bond acceptors (Lipinski definition) is 4. The highest BCUT2D eigenvalue weighted by molar-refractivity contribution is 7.99. The molecule has 5 nitrogen and oxygen atoms in total. The normalized spacial score (nSPS) is 10.9. The number of amides is 1. The van der Waals surface area contributed by atoms with Crippen LogP contribution in [0, 0.1) is 5.82 Å². The molecule has 1 amide bonds. The van der Waals surface area contributed by atoms with Gasteiger partial charge in [-0.3, -0.25) is 14.2 Å². The van der Waals surface area contributed by atoms with Gasteiger partial charge in [-0.25, -0.2) is 9.37 Å². The summed E-state index contributed by atoms with van der Waals surface area (Å²) in [5.41, 5.74) is 0.948. The first-order valence-electron chi connectivity index (χ1n) is 8.72. The Kier molecular flexibility index (Phi) is 6.24. The van der Waals surface area contributed by atoms with E-state index in [2.05, 4.69) is 10.3 Å². The minimum atomic E-state index is -0.349. The molecule has 2 aromatic carbocycles. The lowest BCUT2D eigenvalue weighted by Gasteiger charge is -2.12. The summed E-state index contributed by atoms with van der Waals surface area (Å²) >= 11 is 1.21. The van der Waals surface area contributed by atoms with Crippen molar-refractivity contribution >= 4 is 28.6 Å². The molecule has 0 aliphatic rings. The van der Waals surface area contributed by atoms with Crippen LogP contribution in [0.5, 0.6) is 0 Å². The standard InChI is InChI=1S/C20H20FN3O2S/c1-2-11-24-19(26)15-8-4-6-10-17(15)23-20(24)27-13-18(25)22-12-14-7-3-5-9-16(14)21/h3-10H,2,11-13H2,1H3,(H,22,25). The third kappa shape index (κ3) is 4.54. The lowest BCUT2D eigenvalue weighted by molar-refractivity contribution is -0.118. The maximum atomic E-state index is 13.6. The van der Waals surface area contributed by atoms with E-state index in [1.807, 2.05) is 19.1 Å². The maximum Gasteiger partial charge on any atom is 0.262 e. The van der Waals surface area contributed by atoms with E-state index >= 15 is 0 Å². The number of nitrogens with zero attached hydrogens (tertiary/aromatic N) is 2. The lowest BCUT2D eigenvalue weighted by atomic mass is 10.2. The number of rotatable bonds is 7. The number of thioether (sulfide) groups is 1. The van der Waals surface area contributed by atoms with Crippen LogP contribution in [0.4, 0.5) is 4.39 Å². The smallest absolute Gasteiger partial charge is 0.262 e. The highest BCUT2D eigenvalue weighted by Crippen LogP contribution is 2.18. The first-order chi connectivity index (χ1) is 13.1. The Hall–Kier alpha value is -2.67. The van der Waals surface area contributed by atoms with E-state index in [4.69, 9.17) is 0 Å². The Labute approximate surface area is 160 Å². The Morgan fingerprint density at radius 3 is 2.70 bits per heavy atom. The summed E-state index contributed by atoms with van der Waals surface area (Å²) in [6, 6.07) is 13.5. The summed E-state index contributed by atoms with van der Waals surface area (Å²) in [6.07, 6.45) is 0.785. The molecule has 3 rings (SSSR count). The number of carbonyl (C=O) groups excluding carboxylic acids is 1. The fourth-order valence-electron chi connectivity index (χ4n) is 2.70. The Morgan fingerprint density at radius 1 is 1.19 bits per heavy atom. The van der Waals surface area contributed by atoms with Crippen LogP contribution < -0.4 is 10.9 Å². The molecule has 0 saturated heterocycles. The molecule has 0 atom stereocenters. The number of hydrogen-bond donors (Lipinski definition) is 1. The summed E-state index contributed by atoms with van der Waals surface area (Å²) < 4.78 is 15.2. The largest absolute Gasteiger partial charge is 0.351 e. The molecule has 0 saturated carbocycles. The fraction of sp³-hybridized carbons (Fsp3) is 0.250. The van der Waals surface area contributed by atoms with Gasteiger partial charge in [0.2, 0.25) is 5.91 Å². The predicted molar refractivity (Wildman–Crippen MR) is 105 cm³/mol. The molecule has 0 aliphatic carbocycles. The third-order valence-corrected chi connectivity index (χ3v) is 5.02. The van der Waals surface area contributed by atoms with Crippen LogP contribution in [-0.4, -0.2) is 21.2 Å². The van der Waals surface area contributed by atoms with Gasteiger partial charge >= 0.3 is 0 Å². The molecule has 0 fully saturated rings. The fourth-order valence-corrected chi connectivity index (χ4v) is 3.55. The van der Waals surface area contributed by atoms with Gasteiger partial charge in [-0.05, 0) is 24.6 Å². The van der Waals surface area contributed by atoms with Gasteiger partial charge in [-0.2, -0.15) is 0 Å². The Morgan fingerprint density at radius 2 is 1.93 bits per heavy atom. The van der Waals surface area contributed by atoms with Crippen LogP contribution in [0.2, 0.25) is 0 Å². The van der Waals surface area contributed by atoms with Crippen LogP contribution in [0.25, 0.3) is 10.9 Å². The van der Waals surface area contributed by atoms with Gasteiger partial charge < -0.3 is 5.32 Å². The second-order valence-electron chi connectivity index (χ2n) is 6.03. The van der Waals surface area contributed by atoms with Gasteiger partial charge in [0, 0.05) is 18.7 Å². The summed E-state index contributed by atoms with van der Waals surface area (Å²) in [4.78, 5) is 29.4. The number of nitrogens with one attached hydrogen (secondary N) is 1. The molecule has 140 valence electrons. The highest BCUT2D eigenvalue weighted by atomic mass is 32.2. The molecule has 27 heavy (non-hydrogen) atoms. The monoisotopic (exact) mass is 385 g/mol. The summed E-state index contributed by atoms with van der Waals surface area (Å²) in [5.74, 6) is -0.490. The molecule has 0 radical (unpaired) electrons. The number of para-hydroxylation sites is 1. The van der Waals surface area contributed by atoms with Crippen LogP contribution in [0.15, 0.2) is 58.5 Å². The van der Waals surface area contributed by atoms with Crippen molar-refractivity contribution in [1.82, 2.24) is 14.9 Å². The molecule has 1 aromatic heterocycles. The van der Waals surface area contributed by atoms with E-state index < -0.39 is 0 Å². The predicted octanol–water partition coefficient (Wildman–Crippen LogP) is 3.35. The first-order valence-corrected chi connectivity index (χ1v) is 9.71. The minimum absolute atomic E-state index is 0.100. The number of fused-ring (bicyclic) bond motifs is 1. The van der Waals surface area contributed by atoms with Crippen molar-refractivity contribution in [2.45, 2.75) is 31.6 Å². The molecule has 7 heteroatoms. The summed E-state index contributed by atoms with van der Waals surface area (Å²) in [6.45, 7) is 2.64. The topological polar surface area (TPSA) is 64.0 Å². The van der Waals surface area contributed by atoms with E-state index in [9.17, 15) is 14.0 Å². The van der Waals surface area contributed by atoms with Crippen molar-refractivity contribution in [3.05, 3.63) is 70.3 Å². The molecule has 0 unspecified atom stereocenters. The second-order valence-corrected chi connectivity index (χ2v) is 6.97. The molecular weight excluding hydrogens is 365 g/mol. The molecule has 0 spiro atoms. The molecule has 1 heterocycles. The zero-order valence-corrected chi connectivity index (χ0v) is 15.8. The van der Waals surface area contributed by atoms with Crippen LogP contribution >= 0.6 is 11.8 Å². The van der Waals surface area contributed by atoms with Crippen molar-refractivity contribution in [2.75, 3.05) is 5.75 Å². The average Bonchev–Trinajstić information content (AvgIpc) is 2.68. The van der Waals surface area contributed by atoms with E-state index in [0.29, 0.717) is 28.2 Å². The van der Waals surface area contributed by atoms with E-state index in [0.717, 1.165) is 6.42 Å². The Bertz CT molecular complexity index is 1020. The molecular formula is C20H20FN3O2S. The van der Waals surface area contributed by atoms with E-state index in [1.54, 1.807) is 34.9 Å². The molecule has 0 aliphatic heterocycles. The zero-order valence-electron chi connectivity index (χ0n) is 14.9. The minimum Gasteiger partial charge on any atom is -0.351 e. The average molecular weight is 385 g/mol. The van der Waals surface area contributed by atoms with E-state index in [1.165, 1.54) is 17.8 Å². The molecule has 0 bridgehead atoms. The van der Waals surface area contributed by atoms with Gasteiger partial charge in [0.1, 0.15) is 5.82 Å². The van der Waals surface area contributed by atoms with Gasteiger partial charge in [-0.1, -0.05) is 49.0 Å². The van der Waals surface area contributed by atoms with Crippen molar-refractivity contribution < 1.29 is 9.18 Å². The number of aromatic nitrogens is 2. The number of carbonyl (C=O) groups is 1. The first kappa shape index (κ1) is 19.1. The van der Waals surface area contributed by atoms with Crippen molar-refractivity contribution in [3.63, 3.8) is 0 Å². The van der Waals surface area contributed by atoms with Crippen LogP contribution in [-0.2, 0) is 17.9 Å². The van der Waals surface area contributed by atoms with Crippen molar-refractivity contribution in [2.24, 2.45) is 0 Å². The van der Waals surface area contributed by atoms with Crippen LogP contribution in [0.1, 0.15) is 18.9 Å². The molecule has 3 aromatic rings. The second kappa shape index (κ2) is 8.81. The van der Waals surface area contributed by atoms with Gasteiger partial charge in [0.15, 0.2) is 5.16 Å². The van der Waals surface area contributed by atoms with E-state index in [-0.39, 0.29) is 29.6 Å². The van der Waals surface area contributed by atoms with Crippen molar-refractivity contribution in [3.8, 4) is 0 Å². The zero-order chi connectivity index (χ0) is 19.2. The number of halogens is 1. The summed E-state index contributed by atoms with van der Waals surface area (Å²) in [5, 5.41) is 3.78. The lowest BCUT2D eigenvalue weighted by Crippen LogP contribution is -2.27. The van der Waals surface area contributed by atoms with Gasteiger partial charge in [0.25, 0.3) is 5.56 Å². The summed E-state index contributed by atoms with van der Waals surface area (Å²) in [7, 11) is 0. The SMILES string of the molecule is CCCn1c(SCC(=O)NCc2ccccc2F)nc2ccccc2c1=O. The van der Waals surface area contributed by atoms with Crippen LogP contribution in [0.3, 0.4) is 0 Å². The Balaban J connectivity index is 1.72. The quantitative estimate of drug-likeness (QED) is 0.500. The van der Waals surface area contributed by atoms with Crippen molar-refractivity contribution in [1.29, 1.82) is 0 Å². The number of benzene rings is 2. The van der Waals surface area contributed by atoms with Gasteiger partial charge in [-0.15, -0.1) is 0 Å². The highest BCUT2D eigenvalue weighted by Gasteiger charge is 2.13. The third-order valence-electron chi connectivity index (χ3n) is 4.04. The maximum absolute atomic E-state index is 13.6. The molecule has 1 N–H and O–H groups in total.